The average molecular weight is 257 g/mol. The first-order valence-electron chi connectivity index (χ1n) is 5.81. The van der Waals surface area contributed by atoms with Crippen molar-refractivity contribution < 1.29 is 14.4 Å². The van der Waals surface area contributed by atoms with Gasteiger partial charge in [-0.1, -0.05) is 18.3 Å². The first-order valence-corrected chi connectivity index (χ1v) is 6.63. The van der Waals surface area contributed by atoms with Gasteiger partial charge in [0.25, 0.3) is 5.91 Å². The topological polar surface area (TPSA) is 68.5 Å². The lowest BCUT2D eigenvalue weighted by Crippen LogP contribution is -3.15. The Morgan fingerprint density at radius 2 is 2.24 bits per heavy atom. The van der Waals surface area contributed by atoms with Crippen LogP contribution in [-0.4, -0.2) is 49.0 Å². The number of nitrogens with one attached hydrogen (secondary N) is 2. The molecular weight excluding hydrogens is 240 g/mol. The van der Waals surface area contributed by atoms with E-state index >= 15 is 0 Å². The van der Waals surface area contributed by atoms with E-state index in [1.165, 1.54) is 16.2 Å². The van der Waals surface area contributed by atoms with Crippen LogP contribution in [0.2, 0.25) is 0 Å². The van der Waals surface area contributed by atoms with Crippen molar-refractivity contribution in [1.82, 2.24) is 10.2 Å². The van der Waals surface area contributed by atoms with Crippen molar-refractivity contribution in [2.45, 2.75) is 13.3 Å². The van der Waals surface area contributed by atoms with Gasteiger partial charge in [-0.3, -0.25) is 10.1 Å². The van der Waals surface area contributed by atoms with Crippen LogP contribution in [0.3, 0.4) is 0 Å². The average Bonchev–Trinajstić information content (AvgIpc) is 2.78. The van der Waals surface area contributed by atoms with Gasteiger partial charge in [0.2, 0.25) is 5.13 Å². The second kappa shape index (κ2) is 6.04. The van der Waals surface area contributed by atoms with Crippen LogP contribution < -0.4 is 10.2 Å². The zero-order valence-electron chi connectivity index (χ0n) is 9.86. The molecule has 0 aliphatic carbocycles. The van der Waals surface area contributed by atoms with Crippen molar-refractivity contribution in [2.75, 3.05) is 38.2 Å². The fourth-order valence-electron chi connectivity index (χ4n) is 1.67. The van der Waals surface area contributed by atoms with Gasteiger partial charge in [0, 0.05) is 0 Å². The monoisotopic (exact) mass is 257 g/mol. The fraction of sp³-hybridized carbons (Fsp3) is 0.700. The van der Waals surface area contributed by atoms with Crippen LogP contribution in [-0.2, 0) is 16.0 Å². The van der Waals surface area contributed by atoms with Gasteiger partial charge >= 0.3 is 0 Å². The summed E-state index contributed by atoms with van der Waals surface area (Å²) in [7, 11) is 0. The van der Waals surface area contributed by atoms with Gasteiger partial charge in [-0.25, -0.2) is 0 Å². The summed E-state index contributed by atoms with van der Waals surface area (Å²) in [5.74, 6) is 0.000651. The Bertz CT molecular complexity index is 376. The number of nitrogens with zero attached hydrogens (tertiary/aromatic N) is 2. The highest BCUT2D eigenvalue weighted by Crippen LogP contribution is 2.14. The number of quaternary nitrogens is 1. The highest BCUT2D eigenvalue weighted by molar-refractivity contribution is 7.15. The maximum Gasteiger partial charge on any atom is 0.281 e. The Labute approximate surface area is 104 Å². The molecule has 1 aromatic heterocycles. The lowest BCUT2D eigenvalue weighted by Gasteiger charge is -2.22. The zero-order valence-corrected chi connectivity index (χ0v) is 10.7. The number of hydrogen-bond acceptors (Lipinski definition) is 5. The predicted molar refractivity (Wildman–Crippen MR) is 64.3 cm³/mol. The van der Waals surface area contributed by atoms with Gasteiger partial charge in [-0.15, -0.1) is 10.2 Å². The summed E-state index contributed by atoms with van der Waals surface area (Å²) in [6.45, 7) is 5.75. The molecule has 7 heteroatoms. The quantitative estimate of drug-likeness (QED) is 0.722. The number of morpholine rings is 1. The lowest BCUT2D eigenvalue weighted by molar-refractivity contribution is -0.899. The largest absolute Gasteiger partial charge is 0.370 e. The van der Waals surface area contributed by atoms with Crippen LogP contribution >= 0.6 is 11.3 Å². The van der Waals surface area contributed by atoms with Crippen LogP contribution in [0.25, 0.3) is 0 Å². The Balaban J connectivity index is 1.79. The van der Waals surface area contributed by atoms with Gasteiger partial charge in [-0.05, 0) is 6.42 Å². The SMILES string of the molecule is CCc1nnc(NC(=O)C[NH+]2CCOCC2)s1. The Hall–Kier alpha value is -1.05. The fourth-order valence-corrected chi connectivity index (χ4v) is 2.37. The van der Waals surface area contributed by atoms with Crippen molar-refractivity contribution in [3.05, 3.63) is 5.01 Å². The van der Waals surface area contributed by atoms with Crippen LogP contribution in [0.1, 0.15) is 11.9 Å². The Morgan fingerprint density at radius 1 is 1.47 bits per heavy atom. The van der Waals surface area contributed by atoms with Crippen LogP contribution in [0, 0.1) is 0 Å². The van der Waals surface area contributed by atoms with Crippen LogP contribution in [0.5, 0.6) is 0 Å². The molecule has 1 fully saturated rings. The maximum atomic E-state index is 11.7. The number of hydrogen-bond donors (Lipinski definition) is 2. The van der Waals surface area contributed by atoms with Crippen molar-refractivity contribution in [3.63, 3.8) is 0 Å². The minimum Gasteiger partial charge on any atom is -0.370 e. The number of aromatic nitrogens is 2. The molecule has 94 valence electrons. The molecule has 0 spiro atoms. The van der Waals surface area contributed by atoms with Crippen molar-refractivity contribution in [3.8, 4) is 0 Å². The Morgan fingerprint density at radius 3 is 2.88 bits per heavy atom. The summed E-state index contributed by atoms with van der Waals surface area (Å²) >= 11 is 1.44. The van der Waals surface area contributed by atoms with Crippen LogP contribution in [0.15, 0.2) is 0 Å². The third kappa shape index (κ3) is 3.72. The maximum absolute atomic E-state index is 11.7. The molecule has 0 radical (unpaired) electrons. The molecule has 1 aromatic rings. The molecule has 1 amide bonds. The number of carbonyl (C=O) groups is 1. The molecule has 1 saturated heterocycles. The third-order valence-electron chi connectivity index (χ3n) is 2.63. The smallest absolute Gasteiger partial charge is 0.281 e. The van der Waals surface area contributed by atoms with E-state index in [1.807, 2.05) is 6.92 Å². The van der Waals surface area contributed by atoms with Gasteiger partial charge in [0.15, 0.2) is 6.54 Å². The predicted octanol–water partition coefficient (Wildman–Crippen LogP) is -1.05. The van der Waals surface area contributed by atoms with Gasteiger partial charge in [0.05, 0.1) is 13.2 Å². The summed E-state index contributed by atoms with van der Waals surface area (Å²) in [6.07, 6.45) is 0.849. The molecule has 17 heavy (non-hydrogen) atoms. The molecule has 2 N–H and O–H groups in total. The molecule has 1 aliphatic heterocycles. The van der Waals surface area contributed by atoms with E-state index < -0.39 is 0 Å². The second-order valence-corrected chi connectivity index (χ2v) is 5.00. The third-order valence-corrected chi connectivity index (χ3v) is 3.61. The van der Waals surface area contributed by atoms with Gasteiger partial charge in [0.1, 0.15) is 18.1 Å². The number of carbonyl (C=O) groups excluding carboxylic acids is 1. The van der Waals surface area contributed by atoms with Crippen molar-refractivity contribution in [2.24, 2.45) is 0 Å². The number of rotatable bonds is 4. The molecule has 0 atom stereocenters. The first-order chi connectivity index (χ1) is 8.28. The molecule has 1 aliphatic rings. The van der Waals surface area contributed by atoms with Crippen LogP contribution in [0.4, 0.5) is 5.13 Å². The summed E-state index contributed by atoms with van der Waals surface area (Å²) in [6, 6.07) is 0. The van der Waals surface area contributed by atoms with E-state index in [1.54, 1.807) is 0 Å². The summed E-state index contributed by atoms with van der Waals surface area (Å²) in [5, 5.41) is 12.2. The van der Waals surface area contributed by atoms with E-state index in [4.69, 9.17) is 4.74 Å². The lowest BCUT2D eigenvalue weighted by atomic mass is 10.4. The summed E-state index contributed by atoms with van der Waals surface area (Å²) < 4.78 is 5.24. The zero-order chi connectivity index (χ0) is 12.1. The normalized spacial score (nSPS) is 17.0. The van der Waals surface area contributed by atoms with E-state index in [0.29, 0.717) is 11.7 Å². The van der Waals surface area contributed by atoms with Gasteiger partial charge in [-0.2, -0.15) is 0 Å². The molecule has 6 nitrogen and oxygen atoms in total. The molecule has 2 rings (SSSR count). The van der Waals surface area contributed by atoms with E-state index in [0.717, 1.165) is 37.7 Å². The van der Waals surface area contributed by atoms with Crippen molar-refractivity contribution >= 4 is 22.4 Å². The van der Waals surface area contributed by atoms with Gasteiger partial charge < -0.3 is 9.64 Å². The summed E-state index contributed by atoms with van der Waals surface area (Å²) in [4.78, 5) is 13.0. The Kier molecular flexibility index (Phi) is 4.41. The highest BCUT2D eigenvalue weighted by Gasteiger charge is 2.18. The minimum absolute atomic E-state index is 0.000651. The number of anilines is 1. The van der Waals surface area contributed by atoms with E-state index in [9.17, 15) is 4.79 Å². The summed E-state index contributed by atoms with van der Waals surface area (Å²) in [5.41, 5.74) is 0. The van der Waals surface area contributed by atoms with E-state index in [2.05, 4.69) is 15.5 Å². The molecule has 0 bridgehead atoms. The standard InChI is InChI=1S/C10H16N4O2S/c1-2-9-12-13-10(17-9)11-8(15)7-14-3-5-16-6-4-14/h2-7H2,1H3,(H,11,13,15)/p+1. The molecule has 2 heterocycles. The molecular formula is C10H17N4O2S+. The molecule has 0 saturated carbocycles. The minimum atomic E-state index is 0.000651. The number of ether oxygens (including phenoxy) is 1. The number of aryl methyl sites for hydroxylation is 1. The number of amides is 1. The molecule has 0 aromatic carbocycles. The second-order valence-electron chi connectivity index (χ2n) is 3.94. The molecule has 0 unspecified atom stereocenters. The highest BCUT2D eigenvalue weighted by atomic mass is 32.1. The van der Waals surface area contributed by atoms with E-state index in [-0.39, 0.29) is 5.91 Å². The first kappa shape index (κ1) is 12.4. The van der Waals surface area contributed by atoms with Crippen molar-refractivity contribution in [1.29, 1.82) is 0 Å².